The van der Waals surface area contributed by atoms with Gasteiger partial charge in [-0.1, -0.05) is 17.7 Å². The summed E-state index contributed by atoms with van der Waals surface area (Å²) in [5, 5.41) is 1.58. The van der Waals surface area contributed by atoms with E-state index in [0.717, 1.165) is 48.1 Å². The quantitative estimate of drug-likeness (QED) is 0.505. The van der Waals surface area contributed by atoms with Crippen molar-refractivity contribution in [2.24, 2.45) is 0 Å². The molecule has 1 aromatic carbocycles. The highest BCUT2D eigenvalue weighted by atomic mass is 35.5. The Labute approximate surface area is 177 Å². The molecule has 1 saturated heterocycles. The highest BCUT2D eigenvalue weighted by Gasteiger charge is 2.22. The lowest BCUT2D eigenvalue weighted by Gasteiger charge is -2.37. The molecule has 0 atom stereocenters. The van der Waals surface area contributed by atoms with Gasteiger partial charge >= 0.3 is 0 Å². The average molecular weight is 420 g/mol. The fourth-order valence-corrected chi connectivity index (χ4v) is 3.93. The third-order valence-electron chi connectivity index (χ3n) is 5.23. The Morgan fingerprint density at radius 1 is 0.933 bits per heavy atom. The van der Waals surface area contributed by atoms with Crippen molar-refractivity contribution in [3.05, 3.63) is 72.2 Å². The van der Waals surface area contributed by atoms with Crippen molar-refractivity contribution in [3.8, 4) is 0 Å². The van der Waals surface area contributed by atoms with Gasteiger partial charge in [-0.3, -0.25) is 9.36 Å². The predicted octanol–water partition coefficient (Wildman–Crippen LogP) is 2.89. The minimum absolute atomic E-state index is 0.247. The Bertz CT molecular complexity index is 1200. The van der Waals surface area contributed by atoms with Crippen molar-refractivity contribution in [1.29, 1.82) is 0 Å². The average Bonchev–Trinajstić information content (AvgIpc) is 3.24. The summed E-state index contributed by atoms with van der Waals surface area (Å²) < 4.78 is 1.51. The van der Waals surface area contributed by atoms with Crippen molar-refractivity contribution < 1.29 is 4.79 Å². The molecule has 1 fully saturated rings. The molecular weight excluding hydrogens is 402 g/mol. The molecule has 1 aliphatic rings. The van der Waals surface area contributed by atoms with Gasteiger partial charge in [0.1, 0.15) is 24.2 Å². The normalized spacial score (nSPS) is 14.3. The summed E-state index contributed by atoms with van der Waals surface area (Å²) in [6.07, 6.45) is 6.13. The zero-order valence-electron chi connectivity index (χ0n) is 16.0. The monoisotopic (exact) mass is 419 g/mol. The van der Waals surface area contributed by atoms with E-state index in [4.69, 9.17) is 11.6 Å². The van der Waals surface area contributed by atoms with Crippen LogP contribution in [0, 0.1) is 0 Å². The van der Waals surface area contributed by atoms with Crippen LogP contribution in [0.2, 0.25) is 5.02 Å². The highest BCUT2D eigenvalue weighted by molar-refractivity contribution is 6.30. The molecular formula is C21H18ClN7O. The molecule has 0 unspecified atom stereocenters. The molecule has 150 valence electrons. The molecule has 0 saturated carbocycles. The lowest BCUT2D eigenvalue weighted by molar-refractivity contribution is 0.0959. The largest absolute Gasteiger partial charge is 0.368 e. The predicted molar refractivity (Wildman–Crippen MR) is 115 cm³/mol. The molecule has 3 aromatic heterocycles. The number of aromatic nitrogens is 5. The number of carbonyl (C=O) groups excluding carboxylic acids is 1. The van der Waals surface area contributed by atoms with E-state index in [2.05, 4.69) is 35.8 Å². The van der Waals surface area contributed by atoms with Crippen LogP contribution in [-0.2, 0) is 0 Å². The van der Waals surface area contributed by atoms with Gasteiger partial charge in [-0.2, -0.15) is 0 Å². The smallest absolute Gasteiger partial charge is 0.282 e. The Morgan fingerprint density at radius 2 is 1.77 bits per heavy atom. The van der Waals surface area contributed by atoms with Crippen LogP contribution in [-0.4, -0.2) is 56.6 Å². The number of halogens is 1. The number of benzene rings is 1. The highest BCUT2D eigenvalue weighted by Crippen LogP contribution is 2.27. The summed E-state index contributed by atoms with van der Waals surface area (Å²) >= 11 is 6.13. The van der Waals surface area contributed by atoms with Crippen molar-refractivity contribution >= 4 is 40.0 Å². The molecule has 1 aliphatic heterocycles. The Hall–Kier alpha value is -3.52. The summed E-state index contributed by atoms with van der Waals surface area (Å²) in [6, 6.07) is 11.4. The Morgan fingerprint density at radius 3 is 2.53 bits per heavy atom. The second-order valence-corrected chi connectivity index (χ2v) is 7.41. The first-order valence-electron chi connectivity index (χ1n) is 9.59. The maximum atomic E-state index is 12.8. The Kier molecular flexibility index (Phi) is 4.76. The van der Waals surface area contributed by atoms with Crippen LogP contribution in [0.5, 0.6) is 0 Å². The maximum absolute atomic E-state index is 12.8. The summed E-state index contributed by atoms with van der Waals surface area (Å²) in [4.78, 5) is 34.1. The molecule has 0 spiro atoms. The van der Waals surface area contributed by atoms with E-state index in [-0.39, 0.29) is 5.91 Å². The van der Waals surface area contributed by atoms with Crippen LogP contribution in [0.1, 0.15) is 10.5 Å². The number of carbonyl (C=O) groups is 1. The van der Waals surface area contributed by atoms with Crippen molar-refractivity contribution in [2.45, 2.75) is 0 Å². The molecule has 9 heteroatoms. The number of fused-ring (bicyclic) bond motifs is 1. The maximum Gasteiger partial charge on any atom is 0.282 e. The van der Waals surface area contributed by atoms with Crippen LogP contribution >= 0.6 is 11.6 Å². The Balaban J connectivity index is 1.40. The van der Waals surface area contributed by atoms with Crippen molar-refractivity contribution in [3.63, 3.8) is 0 Å². The molecule has 0 bridgehead atoms. The van der Waals surface area contributed by atoms with Gasteiger partial charge in [0, 0.05) is 49.3 Å². The third-order valence-corrected chi connectivity index (χ3v) is 5.47. The molecule has 8 nitrogen and oxygen atoms in total. The zero-order chi connectivity index (χ0) is 20.5. The number of hydrogen-bond acceptors (Lipinski definition) is 7. The van der Waals surface area contributed by atoms with Gasteiger partial charge < -0.3 is 9.80 Å². The molecule has 0 radical (unpaired) electrons. The minimum atomic E-state index is -0.247. The summed E-state index contributed by atoms with van der Waals surface area (Å²) in [5.74, 6) is 0.586. The van der Waals surface area contributed by atoms with E-state index in [1.807, 2.05) is 24.3 Å². The summed E-state index contributed by atoms with van der Waals surface area (Å²) in [6.45, 7) is 3.33. The van der Waals surface area contributed by atoms with Gasteiger partial charge in [0.2, 0.25) is 0 Å². The lowest BCUT2D eigenvalue weighted by Crippen LogP contribution is -2.46. The topological polar surface area (TPSA) is 80.0 Å². The van der Waals surface area contributed by atoms with Gasteiger partial charge in [0.25, 0.3) is 5.91 Å². The van der Waals surface area contributed by atoms with Crippen molar-refractivity contribution in [1.82, 2.24) is 24.5 Å². The van der Waals surface area contributed by atoms with Gasteiger partial charge in [0.05, 0.1) is 5.39 Å². The molecule has 0 N–H and O–H groups in total. The van der Waals surface area contributed by atoms with Crippen LogP contribution in [0.25, 0.3) is 11.0 Å². The van der Waals surface area contributed by atoms with E-state index < -0.39 is 0 Å². The van der Waals surface area contributed by atoms with E-state index in [1.165, 1.54) is 17.2 Å². The van der Waals surface area contributed by atoms with Crippen LogP contribution < -0.4 is 9.80 Å². The second-order valence-electron chi connectivity index (χ2n) is 6.97. The fourth-order valence-electron chi connectivity index (χ4n) is 3.74. The first kappa shape index (κ1) is 18.5. The first-order valence-corrected chi connectivity index (χ1v) is 9.97. The van der Waals surface area contributed by atoms with Gasteiger partial charge in [-0.25, -0.2) is 19.9 Å². The van der Waals surface area contributed by atoms with Gasteiger partial charge in [-0.05, 0) is 30.3 Å². The standard InChI is InChI=1S/C21H18ClN7O/c22-15-2-1-3-16(12-15)27-8-10-28(11-9-27)19-17-5-7-29(20(17)26-14-25-19)21(30)18-4-6-23-13-24-18/h1-7,12-14H,8-11H2. The third kappa shape index (κ3) is 3.35. The van der Waals surface area contributed by atoms with E-state index in [9.17, 15) is 4.79 Å². The lowest BCUT2D eigenvalue weighted by atomic mass is 10.2. The summed E-state index contributed by atoms with van der Waals surface area (Å²) in [5.41, 5.74) is 2.01. The molecule has 5 rings (SSSR count). The number of hydrogen-bond donors (Lipinski definition) is 0. The van der Waals surface area contributed by atoms with Gasteiger partial charge in [-0.15, -0.1) is 0 Å². The molecule has 0 amide bonds. The summed E-state index contributed by atoms with van der Waals surface area (Å²) in [7, 11) is 0. The number of anilines is 2. The number of nitrogens with zero attached hydrogens (tertiary/aromatic N) is 7. The van der Waals surface area contributed by atoms with E-state index in [1.54, 1.807) is 18.5 Å². The van der Waals surface area contributed by atoms with Crippen molar-refractivity contribution in [2.75, 3.05) is 36.0 Å². The molecule has 4 heterocycles. The fraction of sp³-hybridized carbons (Fsp3) is 0.190. The van der Waals surface area contributed by atoms with Crippen LogP contribution in [0.3, 0.4) is 0 Å². The number of rotatable bonds is 3. The van der Waals surface area contributed by atoms with E-state index in [0.29, 0.717) is 11.3 Å². The molecule has 0 aliphatic carbocycles. The first-order chi connectivity index (χ1) is 14.7. The van der Waals surface area contributed by atoms with E-state index >= 15 is 0 Å². The molecule has 30 heavy (non-hydrogen) atoms. The second kappa shape index (κ2) is 7.72. The van der Waals surface area contributed by atoms with Crippen LogP contribution in [0.15, 0.2) is 61.4 Å². The van der Waals surface area contributed by atoms with Crippen LogP contribution in [0.4, 0.5) is 11.5 Å². The molecule has 4 aromatic rings. The number of piperazine rings is 1. The zero-order valence-corrected chi connectivity index (χ0v) is 16.8. The van der Waals surface area contributed by atoms with Gasteiger partial charge in [0.15, 0.2) is 5.65 Å². The SMILES string of the molecule is O=C(c1ccncn1)n1ccc2c(N3CCN(c4cccc(Cl)c4)CC3)ncnc21. The minimum Gasteiger partial charge on any atom is -0.368 e.